The number of carbonyl (C=O) groups is 1. The molecule has 1 unspecified atom stereocenters. The first kappa shape index (κ1) is 13.8. The van der Waals surface area contributed by atoms with E-state index in [1.807, 2.05) is 0 Å². The van der Waals surface area contributed by atoms with Crippen molar-refractivity contribution in [3.63, 3.8) is 0 Å². The number of nitrogens with zero attached hydrogens (tertiary/aromatic N) is 3. The second-order valence-electron chi connectivity index (χ2n) is 4.44. The van der Waals surface area contributed by atoms with E-state index in [0.29, 0.717) is 17.8 Å². The van der Waals surface area contributed by atoms with Gasteiger partial charge in [0.2, 0.25) is 5.91 Å². The number of hydrogen-bond acceptors (Lipinski definition) is 5. The smallest absolute Gasteiger partial charge is 0.263 e. The van der Waals surface area contributed by atoms with Crippen molar-refractivity contribution in [3.8, 4) is 0 Å². The minimum Gasteiger partial charge on any atom is -0.368 e. The van der Waals surface area contributed by atoms with Gasteiger partial charge in [0.25, 0.3) is 10.0 Å². The average molecular weight is 335 g/mol. The molecule has 3 rings (SSSR count). The number of carbonyl (C=O) groups excluding carboxylic acids is 1. The summed E-state index contributed by atoms with van der Waals surface area (Å²) in [5, 5.41) is 1.52. The quantitative estimate of drug-likeness (QED) is 0.892. The molecule has 2 N–H and O–H groups in total. The highest BCUT2D eigenvalue weighted by atomic mass is 35.5. The van der Waals surface area contributed by atoms with Gasteiger partial charge in [0.05, 0.1) is 0 Å². The molecule has 2 aromatic heterocycles. The van der Waals surface area contributed by atoms with E-state index in [9.17, 15) is 13.2 Å². The monoisotopic (exact) mass is 334 g/mol. The summed E-state index contributed by atoms with van der Waals surface area (Å²) in [4.78, 5) is 15.9. The number of primary amides is 1. The molecule has 20 heavy (non-hydrogen) atoms. The van der Waals surface area contributed by atoms with Crippen LogP contribution in [0.5, 0.6) is 0 Å². The van der Waals surface area contributed by atoms with Crippen LogP contribution in [-0.4, -0.2) is 40.6 Å². The molecule has 1 aliphatic rings. The fraction of sp³-hybridized carbons (Fsp3) is 0.400. The van der Waals surface area contributed by atoms with Crippen LogP contribution in [0.4, 0.5) is 0 Å². The van der Waals surface area contributed by atoms with Gasteiger partial charge in [-0.2, -0.15) is 4.31 Å². The van der Waals surface area contributed by atoms with Crippen LogP contribution in [0, 0.1) is 0 Å². The summed E-state index contributed by atoms with van der Waals surface area (Å²) in [5.74, 6) is -0.645. The predicted octanol–water partition coefficient (Wildman–Crippen LogP) is 0.688. The number of hydrogen-bond donors (Lipinski definition) is 1. The van der Waals surface area contributed by atoms with Gasteiger partial charge in [0.15, 0.2) is 15.1 Å². The Morgan fingerprint density at radius 1 is 1.55 bits per heavy atom. The van der Waals surface area contributed by atoms with E-state index < -0.39 is 22.0 Å². The molecule has 7 nitrogen and oxygen atoms in total. The van der Waals surface area contributed by atoms with Crippen molar-refractivity contribution in [2.45, 2.75) is 23.9 Å². The number of fused-ring (bicyclic) bond motifs is 1. The molecule has 108 valence electrons. The van der Waals surface area contributed by atoms with E-state index in [-0.39, 0.29) is 16.7 Å². The number of aromatic nitrogens is 2. The van der Waals surface area contributed by atoms with Crippen molar-refractivity contribution in [2.24, 2.45) is 5.73 Å². The highest BCUT2D eigenvalue weighted by Gasteiger charge is 2.41. The summed E-state index contributed by atoms with van der Waals surface area (Å²) in [6.45, 7) is 0.254. The zero-order valence-corrected chi connectivity index (χ0v) is 12.6. The van der Waals surface area contributed by atoms with Crippen LogP contribution in [-0.2, 0) is 14.8 Å². The Morgan fingerprint density at radius 2 is 2.30 bits per heavy atom. The van der Waals surface area contributed by atoms with Gasteiger partial charge in [-0.1, -0.05) is 11.6 Å². The molecule has 0 aromatic carbocycles. The van der Waals surface area contributed by atoms with E-state index in [2.05, 4.69) is 4.98 Å². The second-order valence-corrected chi connectivity index (χ2v) is 7.48. The molecule has 0 bridgehead atoms. The molecule has 1 fully saturated rings. The molecule has 1 aliphatic heterocycles. The maximum Gasteiger partial charge on any atom is 0.263 e. The first-order chi connectivity index (χ1) is 9.43. The van der Waals surface area contributed by atoms with Crippen molar-refractivity contribution in [2.75, 3.05) is 6.54 Å². The van der Waals surface area contributed by atoms with E-state index >= 15 is 0 Å². The molecule has 0 spiro atoms. The van der Waals surface area contributed by atoms with Crippen LogP contribution in [0.25, 0.3) is 4.96 Å². The highest BCUT2D eigenvalue weighted by Crippen LogP contribution is 2.31. The van der Waals surface area contributed by atoms with E-state index in [1.54, 1.807) is 11.6 Å². The number of nitrogens with two attached hydrogens (primary N) is 1. The van der Waals surface area contributed by atoms with Gasteiger partial charge in [0, 0.05) is 18.1 Å². The van der Waals surface area contributed by atoms with Crippen LogP contribution in [0.2, 0.25) is 5.15 Å². The van der Waals surface area contributed by atoms with Gasteiger partial charge in [-0.15, -0.1) is 11.3 Å². The van der Waals surface area contributed by atoms with Gasteiger partial charge in [-0.25, -0.2) is 13.4 Å². The summed E-state index contributed by atoms with van der Waals surface area (Å²) >= 11 is 7.23. The van der Waals surface area contributed by atoms with Gasteiger partial charge in [0.1, 0.15) is 6.04 Å². The van der Waals surface area contributed by atoms with E-state index in [4.69, 9.17) is 17.3 Å². The topological polar surface area (TPSA) is 97.8 Å². The Kier molecular flexibility index (Phi) is 3.24. The number of halogens is 1. The molecule has 10 heteroatoms. The Labute approximate surface area is 124 Å². The third kappa shape index (κ3) is 1.93. The third-order valence-electron chi connectivity index (χ3n) is 3.26. The SMILES string of the molecule is NC(=O)C1CCCN1S(=O)(=O)c1c(Cl)nc2sccn12. The Balaban J connectivity index is 2.14. The van der Waals surface area contributed by atoms with Crippen molar-refractivity contribution in [1.82, 2.24) is 13.7 Å². The van der Waals surface area contributed by atoms with Crippen LogP contribution in [0.15, 0.2) is 16.6 Å². The fourth-order valence-electron chi connectivity index (χ4n) is 2.39. The lowest BCUT2D eigenvalue weighted by atomic mass is 10.2. The summed E-state index contributed by atoms with van der Waals surface area (Å²) in [6, 6.07) is -0.819. The molecular weight excluding hydrogens is 324 g/mol. The molecule has 3 heterocycles. The molecule has 0 saturated carbocycles. The normalized spacial score (nSPS) is 20.8. The number of sulfonamides is 1. The second kappa shape index (κ2) is 4.69. The van der Waals surface area contributed by atoms with Crippen LogP contribution >= 0.6 is 22.9 Å². The zero-order chi connectivity index (χ0) is 14.5. The van der Waals surface area contributed by atoms with Gasteiger partial charge in [-0.3, -0.25) is 9.20 Å². The molecule has 0 aliphatic carbocycles. The lowest BCUT2D eigenvalue weighted by molar-refractivity contribution is -0.121. The number of rotatable bonds is 3. The van der Waals surface area contributed by atoms with Crippen molar-refractivity contribution >= 4 is 43.8 Å². The summed E-state index contributed by atoms with van der Waals surface area (Å²) < 4.78 is 28.0. The minimum atomic E-state index is -3.91. The maximum atomic E-state index is 12.7. The summed E-state index contributed by atoms with van der Waals surface area (Å²) in [5.41, 5.74) is 5.27. The molecule has 1 amide bonds. The predicted molar refractivity (Wildman–Crippen MR) is 74.2 cm³/mol. The van der Waals surface area contributed by atoms with Gasteiger partial charge < -0.3 is 5.73 Å². The molecular formula is C10H11ClN4O3S2. The minimum absolute atomic E-state index is 0.0908. The zero-order valence-electron chi connectivity index (χ0n) is 10.2. The lowest BCUT2D eigenvalue weighted by Crippen LogP contribution is -2.43. The summed E-state index contributed by atoms with van der Waals surface area (Å²) in [6.07, 6.45) is 2.61. The van der Waals surface area contributed by atoms with Crippen LogP contribution in [0.3, 0.4) is 0 Å². The van der Waals surface area contributed by atoms with Crippen molar-refractivity contribution < 1.29 is 13.2 Å². The molecule has 0 radical (unpaired) electrons. The first-order valence-corrected chi connectivity index (χ1v) is 8.55. The Hall–Kier alpha value is -1.16. The standard InChI is InChI=1S/C10H11ClN4O3S2/c11-7-9(14-4-5-19-10(14)13-7)20(17,18)15-3-1-2-6(15)8(12)16/h4-6H,1-3H2,(H2,12,16). The first-order valence-electron chi connectivity index (χ1n) is 5.85. The van der Waals surface area contributed by atoms with Crippen LogP contribution in [0.1, 0.15) is 12.8 Å². The Morgan fingerprint density at radius 3 is 3.00 bits per heavy atom. The van der Waals surface area contributed by atoms with E-state index in [0.717, 1.165) is 4.31 Å². The van der Waals surface area contributed by atoms with Crippen LogP contribution < -0.4 is 5.73 Å². The van der Waals surface area contributed by atoms with Gasteiger partial charge in [-0.05, 0) is 12.8 Å². The number of amides is 1. The maximum absolute atomic E-state index is 12.7. The molecule has 1 saturated heterocycles. The highest BCUT2D eigenvalue weighted by molar-refractivity contribution is 7.89. The number of imidazole rings is 1. The lowest BCUT2D eigenvalue weighted by Gasteiger charge is -2.21. The molecule has 2 aromatic rings. The fourth-order valence-corrected chi connectivity index (χ4v) is 5.47. The average Bonchev–Trinajstić information content (AvgIpc) is 3.00. The Bertz CT molecular complexity index is 782. The molecule has 1 atom stereocenters. The van der Waals surface area contributed by atoms with E-state index in [1.165, 1.54) is 15.7 Å². The van der Waals surface area contributed by atoms with Crippen molar-refractivity contribution in [3.05, 3.63) is 16.7 Å². The summed E-state index contributed by atoms with van der Waals surface area (Å²) in [7, 11) is -3.91. The number of thiazole rings is 1. The van der Waals surface area contributed by atoms with Gasteiger partial charge >= 0.3 is 0 Å². The largest absolute Gasteiger partial charge is 0.368 e. The van der Waals surface area contributed by atoms with Crippen molar-refractivity contribution in [1.29, 1.82) is 0 Å². The third-order valence-corrected chi connectivity index (χ3v) is 6.33.